The minimum absolute atomic E-state index is 0.210. The molecular formula is C14H16N2O2S. The molecule has 1 saturated carbocycles. The predicted molar refractivity (Wildman–Crippen MR) is 75.3 cm³/mol. The van der Waals surface area contributed by atoms with E-state index in [1.54, 1.807) is 11.3 Å². The van der Waals surface area contributed by atoms with Gasteiger partial charge in [-0.15, -0.1) is 11.3 Å². The Bertz CT molecular complexity index is 559. The summed E-state index contributed by atoms with van der Waals surface area (Å²) in [4.78, 5) is 17.6. The molecule has 19 heavy (non-hydrogen) atoms. The van der Waals surface area contributed by atoms with Gasteiger partial charge in [-0.3, -0.25) is 9.69 Å². The molecule has 1 heterocycles. The third-order valence-electron chi connectivity index (χ3n) is 3.35. The number of rotatable bonds is 6. The van der Waals surface area contributed by atoms with Gasteiger partial charge >= 0.3 is 5.97 Å². The molecule has 2 aromatic rings. The van der Waals surface area contributed by atoms with Gasteiger partial charge in [0.05, 0.1) is 23.2 Å². The molecule has 4 nitrogen and oxygen atoms in total. The van der Waals surface area contributed by atoms with Gasteiger partial charge in [-0.2, -0.15) is 0 Å². The van der Waals surface area contributed by atoms with Crippen LogP contribution < -0.4 is 0 Å². The second-order valence-corrected chi connectivity index (χ2v) is 6.04. The van der Waals surface area contributed by atoms with Crippen LogP contribution in [-0.2, 0) is 11.3 Å². The van der Waals surface area contributed by atoms with Gasteiger partial charge in [0.15, 0.2) is 0 Å². The fourth-order valence-corrected chi connectivity index (χ4v) is 3.22. The molecule has 0 saturated heterocycles. The van der Waals surface area contributed by atoms with E-state index in [0.717, 1.165) is 17.1 Å². The number of aliphatic carboxylic acids is 1. The first-order valence-corrected chi connectivity index (χ1v) is 7.34. The molecule has 1 aromatic carbocycles. The zero-order chi connectivity index (χ0) is 13.2. The highest BCUT2D eigenvalue weighted by atomic mass is 32.1. The van der Waals surface area contributed by atoms with Crippen molar-refractivity contribution in [2.45, 2.75) is 31.8 Å². The molecular weight excluding hydrogens is 260 g/mol. The maximum Gasteiger partial charge on any atom is 0.304 e. The van der Waals surface area contributed by atoms with E-state index in [9.17, 15) is 4.79 Å². The molecule has 1 aliphatic carbocycles. The fraction of sp³-hybridized carbons (Fsp3) is 0.429. The number of aromatic nitrogens is 1. The van der Waals surface area contributed by atoms with E-state index in [1.165, 1.54) is 17.5 Å². The molecule has 1 N–H and O–H groups in total. The Morgan fingerprint density at radius 3 is 2.89 bits per heavy atom. The summed E-state index contributed by atoms with van der Waals surface area (Å²) in [7, 11) is 0. The Labute approximate surface area is 115 Å². The number of carboxylic acid groups (broad SMARTS) is 1. The minimum Gasteiger partial charge on any atom is -0.481 e. The third-order valence-corrected chi connectivity index (χ3v) is 4.37. The Morgan fingerprint density at radius 1 is 1.42 bits per heavy atom. The van der Waals surface area contributed by atoms with Gasteiger partial charge < -0.3 is 5.11 Å². The van der Waals surface area contributed by atoms with E-state index < -0.39 is 5.97 Å². The van der Waals surface area contributed by atoms with Crippen LogP contribution in [0.15, 0.2) is 24.3 Å². The summed E-state index contributed by atoms with van der Waals surface area (Å²) in [6, 6.07) is 8.68. The lowest BCUT2D eigenvalue weighted by molar-refractivity contribution is -0.137. The highest BCUT2D eigenvalue weighted by Gasteiger charge is 2.29. The Morgan fingerprint density at radius 2 is 2.21 bits per heavy atom. The summed E-state index contributed by atoms with van der Waals surface area (Å²) >= 11 is 1.70. The molecule has 100 valence electrons. The number of hydrogen-bond donors (Lipinski definition) is 1. The van der Waals surface area contributed by atoms with Gasteiger partial charge in [0, 0.05) is 12.6 Å². The smallest absolute Gasteiger partial charge is 0.304 e. The van der Waals surface area contributed by atoms with Crippen molar-refractivity contribution in [3.8, 4) is 0 Å². The number of para-hydroxylation sites is 1. The average Bonchev–Trinajstić information content (AvgIpc) is 3.14. The summed E-state index contributed by atoms with van der Waals surface area (Å²) in [6.45, 7) is 1.40. The van der Waals surface area contributed by atoms with Crippen molar-refractivity contribution < 1.29 is 9.90 Å². The molecule has 1 fully saturated rings. The van der Waals surface area contributed by atoms with Crippen LogP contribution in [0, 0.1) is 0 Å². The number of hydrogen-bond acceptors (Lipinski definition) is 4. The molecule has 0 unspecified atom stereocenters. The molecule has 0 bridgehead atoms. The van der Waals surface area contributed by atoms with Crippen LogP contribution in [0.1, 0.15) is 24.3 Å². The molecule has 0 radical (unpaired) electrons. The third kappa shape index (κ3) is 3.11. The van der Waals surface area contributed by atoms with Crippen molar-refractivity contribution in [3.05, 3.63) is 29.3 Å². The van der Waals surface area contributed by atoms with Crippen LogP contribution in [0.2, 0.25) is 0 Å². The van der Waals surface area contributed by atoms with Gasteiger partial charge in [-0.1, -0.05) is 12.1 Å². The van der Waals surface area contributed by atoms with Crippen molar-refractivity contribution in [1.82, 2.24) is 9.88 Å². The topological polar surface area (TPSA) is 53.4 Å². The van der Waals surface area contributed by atoms with Gasteiger partial charge in [-0.25, -0.2) is 4.98 Å². The molecule has 5 heteroatoms. The van der Waals surface area contributed by atoms with Crippen LogP contribution in [0.3, 0.4) is 0 Å². The van der Waals surface area contributed by atoms with E-state index in [2.05, 4.69) is 16.0 Å². The zero-order valence-electron chi connectivity index (χ0n) is 10.6. The number of benzene rings is 1. The first-order chi connectivity index (χ1) is 9.22. The number of nitrogens with zero attached hydrogens (tertiary/aromatic N) is 2. The van der Waals surface area contributed by atoms with Gasteiger partial charge in [0.1, 0.15) is 5.01 Å². The largest absolute Gasteiger partial charge is 0.481 e. The Hall–Kier alpha value is -1.46. The molecule has 0 atom stereocenters. The maximum atomic E-state index is 10.7. The lowest BCUT2D eigenvalue weighted by atomic mass is 10.3. The Kier molecular flexibility index (Phi) is 3.48. The van der Waals surface area contributed by atoms with Gasteiger partial charge in [0.2, 0.25) is 0 Å². The van der Waals surface area contributed by atoms with Gasteiger partial charge in [-0.05, 0) is 25.0 Å². The molecule has 0 aliphatic heterocycles. The lowest BCUT2D eigenvalue weighted by Crippen LogP contribution is -2.28. The average molecular weight is 276 g/mol. The number of thiazole rings is 1. The maximum absolute atomic E-state index is 10.7. The predicted octanol–water partition coefficient (Wildman–Crippen LogP) is 2.74. The summed E-state index contributed by atoms with van der Waals surface area (Å²) in [5, 5.41) is 9.89. The van der Waals surface area contributed by atoms with Crippen LogP contribution in [0.4, 0.5) is 0 Å². The SMILES string of the molecule is O=C(O)CCN(Cc1nc2ccccc2s1)C1CC1. The quantitative estimate of drug-likeness (QED) is 0.881. The number of fused-ring (bicyclic) bond motifs is 1. The summed E-state index contributed by atoms with van der Waals surface area (Å²) in [5.41, 5.74) is 1.04. The second kappa shape index (κ2) is 5.27. The van der Waals surface area contributed by atoms with Crippen molar-refractivity contribution in [2.24, 2.45) is 0 Å². The van der Waals surface area contributed by atoms with Crippen molar-refractivity contribution in [3.63, 3.8) is 0 Å². The van der Waals surface area contributed by atoms with Crippen LogP contribution >= 0.6 is 11.3 Å². The summed E-state index contributed by atoms with van der Waals surface area (Å²) < 4.78 is 1.20. The summed E-state index contributed by atoms with van der Waals surface area (Å²) in [6.07, 6.45) is 2.58. The normalized spacial score (nSPS) is 15.2. The van der Waals surface area contributed by atoms with E-state index in [4.69, 9.17) is 5.11 Å². The monoisotopic (exact) mass is 276 g/mol. The molecule has 0 spiro atoms. The fourth-order valence-electron chi connectivity index (χ4n) is 2.23. The van der Waals surface area contributed by atoms with E-state index in [0.29, 0.717) is 12.6 Å². The zero-order valence-corrected chi connectivity index (χ0v) is 11.4. The lowest BCUT2D eigenvalue weighted by Gasteiger charge is -2.19. The van der Waals surface area contributed by atoms with Crippen molar-refractivity contribution >= 4 is 27.5 Å². The molecule has 1 aromatic heterocycles. The molecule has 0 amide bonds. The first kappa shape index (κ1) is 12.6. The Balaban J connectivity index is 1.71. The van der Waals surface area contributed by atoms with Crippen molar-refractivity contribution in [2.75, 3.05) is 6.54 Å². The van der Waals surface area contributed by atoms with E-state index in [-0.39, 0.29) is 6.42 Å². The standard InChI is InChI=1S/C14H16N2O2S/c17-14(18)7-8-16(10-5-6-10)9-13-15-11-3-1-2-4-12(11)19-13/h1-4,10H,5-9H2,(H,17,18). The van der Waals surface area contributed by atoms with E-state index >= 15 is 0 Å². The van der Waals surface area contributed by atoms with Crippen LogP contribution in [0.25, 0.3) is 10.2 Å². The number of carboxylic acids is 1. The highest BCUT2D eigenvalue weighted by Crippen LogP contribution is 2.30. The first-order valence-electron chi connectivity index (χ1n) is 6.52. The van der Waals surface area contributed by atoms with Gasteiger partial charge in [0.25, 0.3) is 0 Å². The van der Waals surface area contributed by atoms with Crippen molar-refractivity contribution in [1.29, 1.82) is 0 Å². The van der Waals surface area contributed by atoms with Crippen LogP contribution in [0.5, 0.6) is 0 Å². The number of carbonyl (C=O) groups is 1. The van der Waals surface area contributed by atoms with Crippen LogP contribution in [-0.4, -0.2) is 33.5 Å². The van der Waals surface area contributed by atoms with E-state index in [1.807, 2.05) is 18.2 Å². The summed E-state index contributed by atoms with van der Waals surface area (Å²) in [5.74, 6) is -0.727. The minimum atomic E-state index is -0.727. The second-order valence-electron chi connectivity index (χ2n) is 4.92. The highest BCUT2D eigenvalue weighted by molar-refractivity contribution is 7.18. The molecule has 1 aliphatic rings. The molecule has 3 rings (SSSR count).